The number of carbonyl (C=O) groups excluding carboxylic acids is 3. The third kappa shape index (κ3) is 6.67. The van der Waals surface area contributed by atoms with E-state index in [-0.39, 0.29) is 22.2 Å². The SMILES string of the molecule is COc1cc(/C=C2/SC(=O)N(CC(=O)Nc3cc(C)cc(C)c3)C2=O)ccc1Oc1ccc([N+](=O)[O-])cc1[N+](=O)[O-]. The van der Waals surface area contributed by atoms with Crippen LogP contribution in [-0.4, -0.2) is 45.5 Å². The Labute approximate surface area is 237 Å². The minimum absolute atomic E-state index is 0.0674. The summed E-state index contributed by atoms with van der Waals surface area (Å²) in [4.78, 5) is 59.8. The van der Waals surface area contributed by atoms with E-state index in [0.29, 0.717) is 23.0 Å². The van der Waals surface area contributed by atoms with E-state index in [1.807, 2.05) is 19.9 Å². The first-order valence-corrected chi connectivity index (χ1v) is 12.7. The average Bonchev–Trinajstić information content (AvgIpc) is 3.15. The molecule has 1 fully saturated rings. The molecule has 0 atom stereocenters. The molecule has 1 aliphatic heterocycles. The lowest BCUT2D eigenvalue weighted by Crippen LogP contribution is -2.36. The van der Waals surface area contributed by atoms with Crippen molar-refractivity contribution in [1.82, 2.24) is 4.90 Å². The van der Waals surface area contributed by atoms with Crippen LogP contribution in [0.15, 0.2) is 59.5 Å². The fourth-order valence-electron chi connectivity index (χ4n) is 4.00. The molecular weight excluding hydrogens is 556 g/mol. The molecule has 14 heteroatoms. The van der Waals surface area contributed by atoms with Crippen molar-refractivity contribution in [2.24, 2.45) is 0 Å². The van der Waals surface area contributed by atoms with Gasteiger partial charge in [-0.1, -0.05) is 12.1 Å². The van der Waals surface area contributed by atoms with Gasteiger partial charge in [0.25, 0.3) is 16.8 Å². The predicted octanol–water partition coefficient (Wildman–Crippen LogP) is 5.60. The van der Waals surface area contributed by atoms with Gasteiger partial charge < -0.3 is 14.8 Å². The zero-order valence-electron chi connectivity index (χ0n) is 21.9. The quantitative estimate of drug-likeness (QED) is 0.191. The number of hydrogen-bond donors (Lipinski definition) is 1. The number of methoxy groups -OCH3 is 1. The number of rotatable bonds is 9. The number of carbonyl (C=O) groups is 3. The highest BCUT2D eigenvalue weighted by atomic mass is 32.2. The van der Waals surface area contributed by atoms with E-state index in [2.05, 4.69) is 5.32 Å². The maximum atomic E-state index is 12.9. The minimum atomic E-state index is -0.804. The van der Waals surface area contributed by atoms with Crippen LogP contribution in [0.3, 0.4) is 0 Å². The Morgan fingerprint density at radius 2 is 1.63 bits per heavy atom. The Bertz CT molecular complexity index is 1620. The molecule has 0 spiro atoms. The molecule has 3 aromatic carbocycles. The number of benzene rings is 3. The van der Waals surface area contributed by atoms with Gasteiger partial charge in [-0.05, 0) is 78.7 Å². The first-order chi connectivity index (χ1) is 19.4. The van der Waals surface area contributed by atoms with Gasteiger partial charge in [0.05, 0.1) is 27.9 Å². The number of nitrogens with one attached hydrogen (secondary N) is 1. The summed E-state index contributed by atoms with van der Waals surface area (Å²) in [6.07, 6.45) is 1.44. The van der Waals surface area contributed by atoms with Crippen molar-refractivity contribution in [2.45, 2.75) is 13.8 Å². The first-order valence-electron chi connectivity index (χ1n) is 11.9. The molecular formula is C27H22N4O9S. The summed E-state index contributed by atoms with van der Waals surface area (Å²) >= 11 is 0.675. The molecule has 0 aromatic heterocycles. The monoisotopic (exact) mass is 578 g/mol. The summed E-state index contributed by atoms with van der Waals surface area (Å²) < 4.78 is 11.0. The lowest BCUT2D eigenvalue weighted by Gasteiger charge is -2.13. The van der Waals surface area contributed by atoms with Crippen LogP contribution in [0, 0.1) is 34.1 Å². The van der Waals surface area contributed by atoms with Crippen molar-refractivity contribution in [3.63, 3.8) is 0 Å². The number of nitro groups is 2. The summed E-state index contributed by atoms with van der Waals surface area (Å²) in [5.41, 5.74) is 1.82. The molecule has 41 heavy (non-hydrogen) atoms. The van der Waals surface area contributed by atoms with E-state index in [0.717, 1.165) is 34.2 Å². The van der Waals surface area contributed by atoms with Gasteiger partial charge in [-0.25, -0.2) is 0 Å². The number of non-ortho nitro benzene ring substituents is 1. The van der Waals surface area contributed by atoms with E-state index in [1.54, 1.807) is 12.1 Å². The maximum Gasteiger partial charge on any atom is 0.318 e. The van der Waals surface area contributed by atoms with Gasteiger partial charge in [0.15, 0.2) is 11.5 Å². The van der Waals surface area contributed by atoms with Crippen LogP contribution in [0.1, 0.15) is 16.7 Å². The first kappa shape index (κ1) is 28.8. The predicted molar refractivity (Wildman–Crippen MR) is 150 cm³/mol. The molecule has 0 unspecified atom stereocenters. The van der Waals surface area contributed by atoms with Crippen LogP contribution in [0.2, 0.25) is 0 Å². The molecule has 0 aliphatic carbocycles. The molecule has 3 amide bonds. The number of amides is 3. The van der Waals surface area contributed by atoms with E-state index in [1.165, 1.54) is 31.4 Å². The Balaban J connectivity index is 1.51. The fraction of sp³-hybridized carbons (Fsp3) is 0.148. The van der Waals surface area contributed by atoms with Gasteiger partial charge in [-0.3, -0.25) is 39.5 Å². The number of aryl methyl sites for hydroxylation is 2. The molecule has 4 rings (SSSR count). The lowest BCUT2D eigenvalue weighted by atomic mass is 10.1. The van der Waals surface area contributed by atoms with E-state index in [4.69, 9.17) is 9.47 Å². The Morgan fingerprint density at radius 3 is 2.27 bits per heavy atom. The van der Waals surface area contributed by atoms with Gasteiger partial charge in [-0.2, -0.15) is 0 Å². The average molecular weight is 579 g/mol. The highest BCUT2D eigenvalue weighted by Gasteiger charge is 2.36. The normalized spacial score (nSPS) is 13.8. The van der Waals surface area contributed by atoms with Crippen molar-refractivity contribution in [2.75, 3.05) is 19.0 Å². The van der Waals surface area contributed by atoms with Crippen LogP contribution in [0.4, 0.5) is 21.9 Å². The molecule has 1 heterocycles. The van der Waals surface area contributed by atoms with Crippen LogP contribution in [0.25, 0.3) is 6.08 Å². The standard InChI is InChI=1S/C27H22N4O9S/c1-15-8-16(2)10-18(9-15)28-25(32)14-29-26(33)24(41-27(29)34)12-17-4-6-22(23(11-17)39-3)40-21-7-5-19(30(35)36)13-20(21)31(37)38/h4-13H,14H2,1-3H3,(H,28,32)/b24-12+. The van der Waals surface area contributed by atoms with Crippen molar-refractivity contribution in [1.29, 1.82) is 0 Å². The van der Waals surface area contributed by atoms with Gasteiger partial charge >= 0.3 is 5.69 Å². The van der Waals surface area contributed by atoms with Crippen molar-refractivity contribution in [3.8, 4) is 17.2 Å². The Morgan fingerprint density at radius 1 is 0.951 bits per heavy atom. The summed E-state index contributed by atoms with van der Waals surface area (Å²) in [5.74, 6) is -1.21. The number of nitrogens with zero attached hydrogens (tertiary/aromatic N) is 3. The zero-order chi connectivity index (χ0) is 29.8. The van der Waals surface area contributed by atoms with Gasteiger partial charge in [0.2, 0.25) is 11.7 Å². The number of ether oxygens (including phenoxy) is 2. The third-order valence-corrected chi connectivity index (χ3v) is 6.64. The summed E-state index contributed by atoms with van der Waals surface area (Å²) in [6, 6.07) is 12.9. The number of imide groups is 1. The van der Waals surface area contributed by atoms with Crippen molar-refractivity contribution >= 4 is 52.0 Å². The molecule has 0 bridgehead atoms. The maximum absolute atomic E-state index is 12.9. The molecule has 0 radical (unpaired) electrons. The van der Waals surface area contributed by atoms with E-state index >= 15 is 0 Å². The van der Waals surface area contributed by atoms with E-state index < -0.39 is 44.8 Å². The van der Waals surface area contributed by atoms with Crippen LogP contribution < -0.4 is 14.8 Å². The highest BCUT2D eigenvalue weighted by Crippen LogP contribution is 2.39. The largest absolute Gasteiger partial charge is 0.493 e. The molecule has 13 nitrogen and oxygen atoms in total. The molecule has 210 valence electrons. The van der Waals surface area contributed by atoms with Gasteiger partial charge in [-0.15, -0.1) is 0 Å². The summed E-state index contributed by atoms with van der Waals surface area (Å²) in [5, 5.41) is 24.5. The van der Waals surface area contributed by atoms with Gasteiger partial charge in [0.1, 0.15) is 6.54 Å². The number of thioether (sulfide) groups is 1. The molecule has 0 saturated carbocycles. The number of nitro benzene ring substituents is 2. The van der Waals surface area contributed by atoms with Crippen LogP contribution in [0.5, 0.6) is 17.2 Å². The van der Waals surface area contributed by atoms with Gasteiger partial charge in [0, 0.05) is 11.8 Å². The lowest BCUT2D eigenvalue weighted by molar-refractivity contribution is -0.394. The Kier molecular flexibility index (Phi) is 8.33. The summed E-state index contributed by atoms with van der Waals surface area (Å²) in [6.45, 7) is 3.31. The summed E-state index contributed by atoms with van der Waals surface area (Å²) in [7, 11) is 1.33. The smallest absolute Gasteiger partial charge is 0.318 e. The minimum Gasteiger partial charge on any atom is -0.493 e. The second-order valence-electron chi connectivity index (χ2n) is 8.87. The number of hydrogen-bond acceptors (Lipinski definition) is 10. The second kappa shape index (κ2) is 11.9. The highest BCUT2D eigenvalue weighted by molar-refractivity contribution is 8.18. The van der Waals surface area contributed by atoms with Crippen LogP contribution in [-0.2, 0) is 9.59 Å². The van der Waals surface area contributed by atoms with Crippen molar-refractivity contribution in [3.05, 3.63) is 96.4 Å². The molecule has 1 aliphatic rings. The molecule has 1 N–H and O–H groups in total. The molecule has 3 aromatic rings. The number of anilines is 1. The van der Waals surface area contributed by atoms with Crippen molar-refractivity contribution < 1.29 is 33.7 Å². The third-order valence-electron chi connectivity index (χ3n) is 5.74. The molecule has 1 saturated heterocycles. The second-order valence-corrected chi connectivity index (χ2v) is 9.86. The topological polar surface area (TPSA) is 171 Å². The fourth-order valence-corrected chi connectivity index (χ4v) is 4.84. The zero-order valence-corrected chi connectivity index (χ0v) is 22.7. The van der Waals surface area contributed by atoms with E-state index in [9.17, 15) is 34.6 Å². The Hall–Kier alpha value is -5.24. The van der Waals surface area contributed by atoms with Crippen LogP contribution >= 0.6 is 11.8 Å².